The Morgan fingerprint density at radius 2 is 1.72 bits per heavy atom. The largest absolute Gasteiger partial charge is 0.293 e. The molecule has 0 spiro atoms. The van der Waals surface area contributed by atoms with Crippen molar-refractivity contribution in [3.8, 4) is 0 Å². The molecule has 1 fully saturated rings. The lowest BCUT2D eigenvalue weighted by molar-refractivity contribution is -0.123. The number of carbonyl (C=O) groups excluding carboxylic acids is 3. The van der Waals surface area contributed by atoms with Crippen LogP contribution in [-0.2, 0) is 9.59 Å². The highest BCUT2D eigenvalue weighted by atomic mass is 35.5. The zero-order chi connectivity index (χ0) is 22.9. The van der Waals surface area contributed by atoms with Crippen LogP contribution in [0.3, 0.4) is 0 Å². The summed E-state index contributed by atoms with van der Waals surface area (Å²) >= 11 is 12.5. The van der Waals surface area contributed by atoms with Crippen LogP contribution < -0.4 is 10.9 Å². The Kier molecular flexibility index (Phi) is 8.84. The molecule has 1 aliphatic heterocycles. The SMILES string of the molecule is O=C(CCCCCN1C(=O)C(=Cc2ccccc2)SC1=S)NNC(=O)c1ccc(Cl)cc1. The Morgan fingerprint density at radius 3 is 2.44 bits per heavy atom. The fraction of sp³-hybridized carbons (Fsp3) is 0.217. The van der Waals surface area contributed by atoms with Crippen molar-refractivity contribution >= 4 is 63.7 Å². The Labute approximate surface area is 201 Å². The molecule has 9 heteroatoms. The molecule has 0 saturated carbocycles. The van der Waals surface area contributed by atoms with E-state index in [1.54, 1.807) is 29.2 Å². The molecule has 1 aliphatic rings. The maximum Gasteiger partial charge on any atom is 0.269 e. The number of thioether (sulfide) groups is 1. The van der Waals surface area contributed by atoms with E-state index in [2.05, 4.69) is 10.9 Å². The second-order valence-corrected chi connectivity index (χ2v) is 9.18. The number of amides is 3. The summed E-state index contributed by atoms with van der Waals surface area (Å²) in [5.74, 6) is -0.761. The van der Waals surface area contributed by atoms with Crippen molar-refractivity contribution in [3.63, 3.8) is 0 Å². The molecule has 1 heterocycles. The van der Waals surface area contributed by atoms with Gasteiger partial charge in [0.05, 0.1) is 4.91 Å². The summed E-state index contributed by atoms with van der Waals surface area (Å²) in [7, 11) is 0. The Bertz CT molecular complexity index is 1030. The van der Waals surface area contributed by atoms with E-state index in [-0.39, 0.29) is 18.2 Å². The van der Waals surface area contributed by atoms with Crippen molar-refractivity contribution in [1.82, 2.24) is 15.8 Å². The van der Waals surface area contributed by atoms with Gasteiger partial charge in [-0.2, -0.15) is 0 Å². The standard InChI is InChI=1S/C23H22ClN3O3S2/c24-18-12-10-17(11-13-18)21(29)26-25-20(28)9-5-2-6-14-27-22(30)19(32-23(27)31)15-16-7-3-1-4-8-16/h1,3-4,7-8,10-13,15H,2,5-6,9,14H2,(H,25,28)(H,26,29). The molecule has 1 saturated heterocycles. The molecule has 0 aliphatic carbocycles. The number of halogens is 1. The van der Waals surface area contributed by atoms with Gasteiger partial charge in [0.1, 0.15) is 4.32 Å². The Balaban J connectivity index is 1.34. The van der Waals surface area contributed by atoms with E-state index in [1.165, 1.54) is 11.8 Å². The first-order valence-electron chi connectivity index (χ1n) is 10.1. The number of rotatable bonds is 8. The molecular formula is C23H22ClN3O3S2. The maximum atomic E-state index is 12.6. The number of hydrazine groups is 1. The number of benzene rings is 2. The number of thiocarbonyl (C=S) groups is 1. The van der Waals surface area contributed by atoms with Gasteiger partial charge in [-0.25, -0.2) is 0 Å². The minimum absolute atomic E-state index is 0.0773. The van der Waals surface area contributed by atoms with Crippen LogP contribution in [0.4, 0.5) is 0 Å². The number of nitrogens with one attached hydrogen (secondary N) is 2. The summed E-state index contributed by atoms with van der Waals surface area (Å²) < 4.78 is 0.555. The quantitative estimate of drug-likeness (QED) is 0.247. The number of unbranched alkanes of at least 4 members (excludes halogenated alkanes) is 2. The summed E-state index contributed by atoms with van der Waals surface area (Å²) in [5, 5.41) is 0.531. The summed E-state index contributed by atoms with van der Waals surface area (Å²) in [6.45, 7) is 0.520. The first-order valence-corrected chi connectivity index (χ1v) is 11.7. The van der Waals surface area contributed by atoms with Gasteiger partial charge in [-0.1, -0.05) is 72.3 Å². The van der Waals surface area contributed by atoms with Crippen molar-refractivity contribution in [1.29, 1.82) is 0 Å². The van der Waals surface area contributed by atoms with Crippen LogP contribution in [0.2, 0.25) is 5.02 Å². The summed E-state index contributed by atoms with van der Waals surface area (Å²) in [6, 6.07) is 16.0. The molecule has 2 aromatic rings. The summed E-state index contributed by atoms with van der Waals surface area (Å²) in [5.41, 5.74) is 6.15. The molecule has 2 N–H and O–H groups in total. The fourth-order valence-corrected chi connectivity index (χ4v) is 4.42. The summed E-state index contributed by atoms with van der Waals surface area (Å²) in [4.78, 5) is 38.7. The van der Waals surface area contributed by atoms with E-state index < -0.39 is 5.91 Å². The molecule has 0 unspecified atom stereocenters. The van der Waals surface area contributed by atoms with Gasteiger partial charge >= 0.3 is 0 Å². The normalized spacial score (nSPS) is 14.7. The van der Waals surface area contributed by atoms with Gasteiger partial charge in [0.25, 0.3) is 11.8 Å². The van der Waals surface area contributed by atoms with Crippen LogP contribution in [0.15, 0.2) is 59.5 Å². The molecule has 3 rings (SSSR count). The second kappa shape index (κ2) is 11.8. The van der Waals surface area contributed by atoms with E-state index >= 15 is 0 Å². The van der Waals surface area contributed by atoms with Crippen LogP contribution in [0.1, 0.15) is 41.6 Å². The Hall–Kier alpha value is -2.68. The molecule has 166 valence electrons. The molecule has 0 atom stereocenters. The van der Waals surface area contributed by atoms with Crippen molar-refractivity contribution in [3.05, 3.63) is 75.7 Å². The number of hydrogen-bond donors (Lipinski definition) is 2. The van der Waals surface area contributed by atoms with Gasteiger partial charge < -0.3 is 0 Å². The highest BCUT2D eigenvalue weighted by molar-refractivity contribution is 8.26. The topological polar surface area (TPSA) is 78.5 Å². The molecule has 0 bridgehead atoms. The van der Waals surface area contributed by atoms with Crippen LogP contribution in [0, 0.1) is 0 Å². The van der Waals surface area contributed by atoms with Gasteiger partial charge in [0.15, 0.2) is 0 Å². The number of nitrogens with zero attached hydrogens (tertiary/aromatic N) is 1. The van der Waals surface area contributed by atoms with Crippen molar-refractivity contribution in [2.24, 2.45) is 0 Å². The molecule has 32 heavy (non-hydrogen) atoms. The van der Waals surface area contributed by atoms with Gasteiger partial charge in [0, 0.05) is 23.6 Å². The van der Waals surface area contributed by atoms with E-state index in [1.807, 2.05) is 36.4 Å². The maximum absolute atomic E-state index is 12.6. The first kappa shape index (κ1) is 24.0. The number of hydrogen-bond acceptors (Lipinski definition) is 5. The van der Waals surface area contributed by atoms with E-state index in [0.29, 0.717) is 32.8 Å². The fourth-order valence-electron chi connectivity index (χ4n) is 2.99. The predicted octanol–water partition coefficient (Wildman–Crippen LogP) is 4.56. The van der Waals surface area contributed by atoms with Crippen LogP contribution in [0.5, 0.6) is 0 Å². The monoisotopic (exact) mass is 487 g/mol. The third kappa shape index (κ3) is 6.91. The molecule has 3 amide bonds. The van der Waals surface area contributed by atoms with Crippen molar-refractivity contribution in [2.75, 3.05) is 6.54 Å². The predicted molar refractivity (Wildman–Crippen MR) is 132 cm³/mol. The Morgan fingerprint density at radius 1 is 1.00 bits per heavy atom. The lowest BCUT2D eigenvalue weighted by atomic mass is 10.2. The minimum Gasteiger partial charge on any atom is -0.293 e. The molecule has 0 radical (unpaired) electrons. The van der Waals surface area contributed by atoms with Crippen LogP contribution in [-0.4, -0.2) is 33.5 Å². The second-order valence-electron chi connectivity index (χ2n) is 7.06. The summed E-state index contributed by atoms with van der Waals surface area (Å²) in [6.07, 6.45) is 4.25. The highest BCUT2D eigenvalue weighted by Gasteiger charge is 2.31. The van der Waals surface area contributed by atoms with Crippen molar-refractivity contribution in [2.45, 2.75) is 25.7 Å². The van der Waals surface area contributed by atoms with Gasteiger partial charge in [0.2, 0.25) is 5.91 Å². The van der Waals surface area contributed by atoms with E-state index in [9.17, 15) is 14.4 Å². The third-order valence-corrected chi connectivity index (χ3v) is 6.31. The highest BCUT2D eigenvalue weighted by Crippen LogP contribution is 2.32. The molecule has 2 aromatic carbocycles. The smallest absolute Gasteiger partial charge is 0.269 e. The van der Waals surface area contributed by atoms with E-state index in [4.69, 9.17) is 23.8 Å². The zero-order valence-corrected chi connectivity index (χ0v) is 19.6. The van der Waals surface area contributed by atoms with Crippen LogP contribution >= 0.6 is 35.6 Å². The average molecular weight is 488 g/mol. The number of carbonyl (C=O) groups is 3. The van der Waals surface area contributed by atoms with Gasteiger partial charge in [-0.05, 0) is 48.7 Å². The average Bonchev–Trinajstić information content (AvgIpc) is 3.05. The van der Waals surface area contributed by atoms with Gasteiger partial charge in [-0.3, -0.25) is 30.1 Å². The van der Waals surface area contributed by atoms with E-state index in [0.717, 1.165) is 18.4 Å². The first-order chi connectivity index (χ1) is 15.4. The minimum atomic E-state index is -0.409. The van der Waals surface area contributed by atoms with Crippen molar-refractivity contribution < 1.29 is 14.4 Å². The lowest BCUT2D eigenvalue weighted by Crippen LogP contribution is -2.41. The van der Waals surface area contributed by atoms with Gasteiger partial charge in [-0.15, -0.1) is 0 Å². The lowest BCUT2D eigenvalue weighted by Gasteiger charge is -2.14. The molecular weight excluding hydrogens is 466 g/mol. The zero-order valence-electron chi connectivity index (χ0n) is 17.2. The molecule has 6 nitrogen and oxygen atoms in total. The third-order valence-electron chi connectivity index (χ3n) is 4.68. The van der Waals surface area contributed by atoms with Crippen LogP contribution in [0.25, 0.3) is 6.08 Å². The molecule has 0 aromatic heterocycles.